The molecule has 0 radical (unpaired) electrons. The summed E-state index contributed by atoms with van der Waals surface area (Å²) in [5.74, 6) is 0.750. The van der Waals surface area contributed by atoms with Crippen LogP contribution in [0.15, 0.2) is 47.2 Å². The Morgan fingerprint density at radius 2 is 2.04 bits per heavy atom. The van der Waals surface area contributed by atoms with Crippen LogP contribution in [0.4, 0.5) is 5.69 Å². The second kappa shape index (κ2) is 7.36. The fourth-order valence-corrected chi connectivity index (χ4v) is 2.52. The van der Waals surface area contributed by atoms with Gasteiger partial charge in [-0.2, -0.15) is 0 Å². The molecule has 0 atom stereocenters. The predicted molar refractivity (Wildman–Crippen MR) is 94.8 cm³/mol. The van der Waals surface area contributed by atoms with Gasteiger partial charge in [0.1, 0.15) is 5.75 Å². The van der Waals surface area contributed by atoms with Crippen LogP contribution in [0.25, 0.3) is 11.5 Å². The van der Waals surface area contributed by atoms with Gasteiger partial charge in [-0.15, -0.1) is 10.2 Å². The van der Waals surface area contributed by atoms with Gasteiger partial charge in [0.2, 0.25) is 12.3 Å². The van der Waals surface area contributed by atoms with Crippen molar-refractivity contribution in [2.24, 2.45) is 0 Å². The van der Waals surface area contributed by atoms with Gasteiger partial charge in [-0.05, 0) is 55.3 Å². The van der Waals surface area contributed by atoms with E-state index in [2.05, 4.69) is 15.5 Å². The Morgan fingerprint density at radius 1 is 1.20 bits per heavy atom. The first kappa shape index (κ1) is 17.0. The second-order valence-electron chi connectivity index (χ2n) is 5.52. The highest BCUT2D eigenvalue weighted by Gasteiger charge is 2.10. The van der Waals surface area contributed by atoms with E-state index in [0.29, 0.717) is 22.4 Å². The third-order valence-corrected chi connectivity index (χ3v) is 3.85. The highest BCUT2D eigenvalue weighted by molar-refractivity contribution is 6.30. The Labute approximate surface area is 149 Å². The number of carbonyl (C=O) groups is 1. The van der Waals surface area contributed by atoms with Gasteiger partial charge in [0.25, 0.3) is 5.91 Å². The van der Waals surface area contributed by atoms with E-state index in [9.17, 15) is 4.79 Å². The number of nitrogens with zero attached hydrogens (tertiary/aromatic N) is 2. The molecule has 25 heavy (non-hydrogen) atoms. The molecule has 128 valence electrons. The molecule has 3 rings (SSSR count). The molecule has 0 unspecified atom stereocenters. The molecule has 0 aliphatic carbocycles. The van der Waals surface area contributed by atoms with Gasteiger partial charge in [0.05, 0.1) is 0 Å². The number of benzene rings is 2. The molecule has 1 amide bonds. The maximum absolute atomic E-state index is 12.2. The van der Waals surface area contributed by atoms with E-state index in [1.807, 2.05) is 26.0 Å². The van der Waals surface area contributed by atoms with Crippen molar-refractivity contribution in [1.29, 1.82) is 0 Å². The number of aromatic nitrogens is 2. The van der Waals surface area contributed by atoms with Crippen LogP contribution in [0.1, 0.15) is 11.1 Å². The molecule has 0 bridgehead atoms. The molecular formula is C18H16ClN3O3. The first-order valence-electron chi connectivity index (χ1n) is 7.59. The van der Waals surface area contributed by atoms with Gasteiger partial charge in [0.15, 0.2) is 6.61 Å². The number of hydrogen-bond donors (Lipinski definition) is 1. The monoisotopic (exact) mass is 357 g/mol. The van der Waals surface area contributed by atoms with Crippen molar-refractivity contribution in [1.82, 2.24) is 10.2 Å². The van der Waals surface area contributed by atoms with Crippen molar-refractivity contribution in [2.45, 2.75) is 13.8 Å². The fourth-order valence-electron chi connectivity index (χ4n) is 2.29. The topological polar surface area (TPSA) is 77.3 Å². The zero-order chi connectivity index (χ0) is 17.8. The summed E-state index contributed by atoms with van der Waals surface area (Å²) in [6.07, 6.45) is 1.26. The number of carbonyl (C=O) groups excluding carboxylic acids is 1. The number of hydrogen-bond acceptors (Lipinski definition) is 5. The van der Waals surface area contributed by atoms with Crippen LogP contribution in [0.2, 0.25) is 5.02 Å². The van der Waals surface area contributed by atoms with Gasteiger partial charge in [-0.3, -0.25) is 4.79 Å². The molecule has 3 aromatic rings. The van der Waals surface area contributed by atoms with Gasteiger partial charge in [-0.25, -0.2) is 0 Å². The quantitative estimate of drug-likeness (QED) is 0.746. The van der Waals surface area contributed by atoms with Crippen molar-refractivity contribution in [3.05, 3.63) is 58.9 Å². The Bertz CT molecular complexity index is 895. The molecule has 0 fully saturated rings. The van der Waals surface area contributed by atoms with E-state index < -0.39 is 0 Å². The zero-order valence-corrected chi connectivity index (χ0v) is 14.5. The fraction of sp³-hybridized carbons (Fsp3) is 0.167. The Hall–Kier alpha value is -2.86. The Morgan fingerprint density at radius 3 is 2.76 bits per heavy atom. The summed E-state index contributed by atoms with van der Waals surface area (Å²) < 4.78 is 10.7. The summed E-state index contributed by atoms with van der Waals surface area (Å²) >= 11 is 5.91. The van der Waals surface area contributed by atoms with E-state index in [0.717, 1.165) is 16.7 Å². The van der Waals surface area contributed by atoms with Crippen LogP contribution < -0.4 is 10.1 Å². The number of anilines is 1. The molecule has 7 heteroatoms. The minimum Gasteiger partial charge on any atom is -0.483 e. The third-order valence-electron chi connectivity index (χ3n) is 3.61. The van der Waals surface area contributed by atoms with Crippen LogP contribution in [-0.4, -0.2) is 22.7 Å². The summed E-state index contributed by atoms with van der Waals surface area (Å²) in [6.45, 7) is 3.67. The van der Waals surface area contributed by atoms with Gasteiger partial charge >= 0.3 is 0 Å². The van der Waals surface area contributed by atoms with Crippen LogP contribution in [-0.2, 0) is 4.79 Å². The van der Waals surface area contributed by atoms with Crippen LogP contribution in [0, 0.1) is 13.8 Å². The lowest BCUT2D eigenvalue weighted by atomic mass is 10.1. The normalized spacial score (nSPS) is 10.5. The highest BCUT2D eigenvalue weighted by atomic mass is 35.5. The lowest BCUT2D eigenvalue weighted by Gasteiger charge is -2.12. The number of rotatable bonds is 5. The number of ether oxygens (including phenoxy) is 1. The van der Waals surface area contributed by atoms with Gasteiger partial charge in [0, 0.05) is 16.3 Å². The largest absolute Gasteiger partial charge is 0.483 e. The van der Waals surface area contributed by atoms with Crippen molar-refractivity contribution in [2.75, 3.05) is 11.9 Å². The second-order valence-corrected chi connectivity index (χ2v) is 5.96. The van der Waals surface area contributed by atoms with Gasteiger partial charge in [-0.1, -0.05) is 17.7 Å². The molecule has 2 aromatic carbocycles. The third kappa shape index (κ3) is 4.16. The summed E-state index contributed by atoms with van der Waals surface area (Å²) in [5.41, 5.74) is 3.18. The predicted octanol–water partition coefficient (Wildman–Crippen LogP) is 4.02. The molecule has 0 saturated carbocycles. The molecule has 6 nitrogen and oxygen atoms in total. The Kier molecular flexibility index (Phi) is 5.00. The van der Waals surface area contributed by atoms with Crippen molar-refractivity contribution >= 4 is 23.2 Å². The SMILES string of the molecule is Cc1ccc(-c2nnco2)cc1NC(=O)COc1ccc(Cl)cc1C. The molecular weight excluding hydrogens is 342 g/mol. The average Bonchev–Trinajstić information content (AvgIpc) is 3.10. The molecule has 0 aliphatic heterocycles. The maximum atomic E-state index is 12.2. The lowest BCUT2D eigenvalue weighted by molar-refractivity contribution is -0.118. The number of halogens is 1. The minimum absolute atomic E-state index is 0.104. The van der Waals surface area contributed by atoms with Crippen LogP contribution in [0.3, 0.4) is 0 Å². The van der Waals surface area contributed by atoms with Gasteiger partial charge < -0.3 is 14.5 Å². The summed E-state index contributed by atoms with van der Waals surface area (Å²) in [6, 6.07) is 10.8. The van der Waals surface area contributed by atoms with Crippen molar-refractivity contribution in [3.8, 4) is 17.2 Å². The average molecular weight is 358 g/mol. The Balaban J connectivity index is 1.67. The number of nitrogens with one attached hydrogen (secondary N) is 1. The standard InChI is InChI=1S/C18H16ClN3O3/c1-11-3-4-13(18-22-20-10-25-18)8-15(11)21-17(23)9-24-16-6-5-14(19)7-12(16)2/h3-8,10H,9H2,1-2H3,(H,21,23). The van der Waals surface area contributed by atoms with Crippen LogP contribution in [0.5, 0.6) is 5.75 Å². The molecule has 1 heterocycles. The first-order valence-corrected chi connectivity index (χ1v) is 7.97. The molecule has 0 spiro atoms. The van der Waals surface area contributed by atoms with E-state index in [1.165, 1.54) is 6.39 Å². The molecule has 1 aromatic heterocycles. The molecule has 1 N–H and O–H groups in total. The van der Waals surface area contributed by atoms with Crippen molar-refractivity contribution in [3.63, 3.8) is 0 Å². The van der Waals surface area contributed by atoms with E-state index in [4.69, 9.17) is 20.8 Å². The highest BCUT2D eigenvalue weighted by Crippen LogP contribution is 2.24. The van der Waals surface area contributed by atoms with E-state index in [-0.39, 0.29) is 12.5 Å². The van der Waals surface area contributed by atoms with Crippen LogP contribution >= 0.6 is 11.6 Å². The molecule has 0 aliphatic rings. The molecule has 0 saturated heterocycles. The van der Waals surface area contributed by atoms with E-state index >= 15 is 0 Å². The first-order chi connectivity index (χ1) is 12.0. The smallest absolute Gasteiger partial charge is 0.262 e. The number of amides is 1. The summed E-state index contributed by atoms with van der Waals surface area (Å²) in [7, 11) is 0. The zero-order valence-electron chi connectivity index (χ0n) is 13.7. The van der Waals surface area contributed by atoms with Crippen molar-refractivity contribution < 1.29 is 13.9 Å². The summed E-state index contributed by atoms with van der Waals surface area (Å²) in [5, 5.41) is 11.0. The number of aryl methyl sites for hydroxylation is 2. The van der Waals surface area contributed by atoms with E-state index in [1.54, 1.807) is 24.3 Å². The minimum atomic E-state index is -0.264. The lowest BCUT2D eigenvalue weighted by Crippen LogP contribution is -2.21. The maximum Gasteiger partial charge on any atom is 0.262 e. The summed E-state index contributed by atoms with van der Waals surface area (Å²) in [4.78, 5) is 12.2.